The molecule has 0 bridgehead atoms. The molecule has 0 aliphatic heterocycles. The van der Waals surface area contributed by atoms with Crippen LogP contribution in [0.5, 0.6) is 11.5 Å². The lowest BCUT2D eigenvalue weighted by atomic mass is 10.1. The van der Waals surface area contributed by atoms with Crippen LogP contribution in [0.15, 0.2) is 27.8 Å². The molecule has 110 valence electrons. The second kappa shape index (κ2) is 5.66. The van der Waals surface area contributed by atoms with Gasteiger partial charge >= 0.3 is 5.97 Å². The fourth-order valence-corrected chi connectivity index (χ4v) is 1.92. The molecule has 0 amide bonds. The van der Waals surface area contributed by atoms with Crippen LogP contribution in [0.4, 0.5) is 11.4 Å². The van der Waals surface area contributed by atoms with E-state index in [0.717, 1.165) is 0 Å². The van der Waals surface area contributed by atoms with Gasteiger partial charge in [0.25, 0.3) is 10.9 Å². The monoisotopic (exact) mass is 291 g/mol. The quantitative estimate of drug-likeness (QED) is 0.769. The highest BCUT2D eigenvalue weighted by molar-refractivity contribution is 5.94. The maximum atomic E-state index is 11.6. The zero-order chi connectivity index (χ0) is 15.6. The lowest BCUT2D eigenvalue weighted by Crippen LogP contribution is -2.35. The smallest absolute Gasteiger partial charge is 0.339 e. The lowest BCUT2D eigenvalue weighted by Gasteiger charge is -2.16. The maximum Gasteiger partial charge on any atom is 0.339 e. The van der Waals surface area contributed by atoms with Crippen molar-refractivity contribution in [3.05, 3.63) is 44.2 Å². The standard InChI is InChI=1S/C14H13NO6/c1-3-21-13-9(10(16)11(13)17)15-8-6-4-5-7(14(18)19)12(8)20-2/h4-6,15H,3H2,1-2H3,(H,18,19). The Balaban J connectivity index is 2.44. The predicted molar refractivity (Wildman–Crippen MR) is 75.8 cm³/mol. The molecule has 0 saturated carbocycles. The molecule has 0 radical (unpaired) electrons. The molecule has 2 N–H and O–H groups in total. The minimum absolute atomic E-state index is 0.00249. The van der Waals surface area contributed by atoms with Crippen molar-refractivity contribution in [1.82, 2.24) is 0 Å². The van der Waals surface area contributed by atoms with E-state index in [1.165, 1.54) is 25.3 Å². The summed E-state index contributed by atoms with van der Waals surface area (Å²) < 4.78 is 10.1. The number of hydrogen-bond acceptors (Lipinski definition) is 6. The van der Waals surface area contributed by atoms with Crippen molar-refractivity contribution in [3.63, 3.8) is 0 Å². The summed E-state index contributed by atoms with van der Waals surface area (Å²) in [4.78, 5) is 34.1. The number of rotatable bonds is 6. The molecule has 0 heterocycles. The second-order valence-electron chi connectivity index (χ2n) is 4.11. The van der Waals surface area contributed by atoms with Gasteiger partial charge in [0.1, 0.15) is 11.3 Å². The van der Waals surface area contributed by atoms with Crippen molar-refractivity contribution < 1.29 is 19.4 Å². The summed E-state index contributed by atoms with van der Waals surface area (Å²) in [6.45, 7) is 1.93. The normalized spacial score (nSPS) is 10.4. The molecule has 0 aliphatic rings. The molecule has 7 heteroatoms. The van der Waals surface area contributed by atoms with Crippen molar-refractivity contribution in [3.8, 4) is 11.5 Å². The van der Waals surface area contributed by atoms with Gasteiger partial charge in [-0.15, -0.1) is 0 Å². The first-order valence-corrected chi connectivity index (χ1v) is 6.14. The number of nitrogens with one attached hydrogen (secondary N) is 1. The predicted octanol–water partition coefficient (Wildman–Crippen LogP) is 1.13. The van der Waals surface area contributed by atoms with E-state index in [1.807, 2.05) is 0 Å². The van der Waals surface area contributed by atoms with Gasteiger partial charge in [-0.2, -0.15) is 0 Å². The Morgan fingerprint density at radius 2 is 1.95 bits per heavy atom. The zero-order valence-electron chi connectivity index (χ0n) is 11.4. The number of hydrogen-bond donors (Lipinski definition) is 2. The van der Waals surface area contributed by atoms with Gasteiger partial charge in [-0.3, -0.25) is 9.59 Å². The molecule has 2 rings (SSSR count). The molecule has 2 aromatic rings. The number of methoxy groups -OCH3 is 1. The van der Waals surface area contributed by atoms with E-state index in [1.54, 1.807) is 6.92 Å². The van der Waals surface area contributed by atoms with E-state index in [4.69, 9.17) is 14.6 Å². The first-order chi connectivity index (χ1) is 10.0. The van der Waals surface area contributed by atoms with Crippen LogP contribution in [0.2, 0.25) is 0 Å². The van der Waals surface area contributed by atoms with Crippen molar-refractivity contribution in [2.75, 3.05) is 19.0 Å². The van der Waals surface area contributed by atoms with Gasteiger partial charge in [0.05, 0.1) is 19.4 Å². The molecule has 0 aromatic heterocycles. The third kappa shape index (κ3) is 2.45. The summed E-state index contributed by atoms with van der Waals surface area (Å²) >= 11 is 0. The molecule has 21 heavy (non-hydrogen) atoms. The van der Waals surface area contributed by atoms with Crippen LogP contribution in [0.1, 0.15) is 17.3 Å². The minimum atomic E-state index is -1.16. The molecule has 0 atom stereocenters. The zero-order valence-corrected chi connectivity index (χ0v) is 11.4. The number of carbonyl (C=O) groups is 1. The van der Waals surface area contributed by atoms with Gasteiger partial charge in [-0.25, -0.2) is 4.79 Å². The first kappa shape index (κ1) is 14.6. The number of benzene rings is 1. The highest BCUT2D eigenvalue weighted by Crippen LogP contribution is 2.32. The largest absolute Gasteiger partial charge is 0.494 e. The van der Waals surface area contributed by atoms with Crippen LogP contribution in [0.3, 0.4) is 0 Å². The summed E-state index contributed by atoms with van der Waals surface area (Å²) in [5.41, 5.74) is -1.19. The van der Waals surface area contributed by atoms with Crippen LogP contribution in [0, 0.1) is 0 Å². The van der Waals surface area contributed by atoms with Crippen LogP contribution in [-0.4, -0.2) is 24.8 Å². The summed E-state index contributed by atoms with van der Waals surface area (Å²) in [7, 11) is 1.32. The molecular formula is C14H13NO6. The van der Waals surface area contributed by atoms with Gasteiger partial charge < -0.3 is 19.9 Å². The van der Waals surface area contributed by atoms with Crippen molar-refractivity contribution in [1.29, 1.82) is 0 Å². The Bertz CT molecular complexity index is 757. The Morgan fingerprint density at radius 1 is 1.24 bits per heavy atom. The average molecular weight is 291 g/mol. The number of anilines is 2. The van der Waals surface area contributed by atoms with E-state index in [-0.39, 0.29) is 35.0 Å². The van der Waals surface area contributed by atoms with Crippen LogP contribution < -0.4 is 25.6 Å². The summed E-state index contributed by atoms with van der Waals surface area (Å²) in [6, 6.07) is 4.41. The SMILES string of the molecule is CCOc1c(Nc2cccc(C(=O)O)c2OC)c(=O)c1=O. The molecular weight excluding hydrogens is 278 g/mol. The topological polar surface area (TPSA) is 102 Å². The number of aromatic carboxylic acids is 1. The van der Waals surface area contributed by atoms with Gasteiger partial charge in [0.2, 0.25) is 0 Å². The van der Waals surface area contributed by atoms with Gasteiger partial charge in [-0.05, 0) is 19.1 Å². The summed E-state index contributed by atoms with van der Waals surface area (Å²) in [6.07, 6.45) is 0. The van der Waals surface area contributed by atoms with E-state index in [2.05, 4.69) is 5.32 Å². The van der Waals surface area contributed by atoms with Crippen LogP contribution in [-0.2, 0) is 0 Å². The number of para-hydroxylation sites is 1. The van der Waals surface area contributed by atoms with E-state index < -0.39 is 16.8 Å². The van der Waals surface area contributed by atoms with E-state index in [9.17, 15) is 14.4 Å². The molecule has 0 spiro atoms. The summed E-state index contributed by atoms with van der Waals surface area (Å²) in [5, 5.41) is 11.8. The Labute approximate surface area is 119 Å². The number of carboxylic acids is 1. The van der Waals surface area contributed by atoms with E-state index in [0.29, 0.717) is 0 Å². The highest BCUT2D eigenvalue weighted by Gasteiger charge is 2.24. The molecule has 0 unspecified atom stereocenters. The maximum absolute atomic E-state index is 11.6. The van der Waals surface area contributed by atoms with Gasteiger partial charge in [-0.1, -0.05) is 6.07 Å². The lowest BCUT2D eigenvalue weighted by molar-refractivity contribution is 0.0693. The molecule has 0 aliphatic carbocycles. The van der Waals surface area contributed by atoms with Crippen molar-refractivity contribution in [2.24, 2.45) is 0 Å². The Morgan fingerprint density at radius 3 is 2.52 bits per heavy atom. The first-order valence-electron chi connectivity index (χ1n) is 6.14. The van der Waals surface area contributed by atoms with E-state index >= 15 is 0 Å². The van der Waals surface area contributed by atoms with Crippen molar-refractivity contribution >= 4 is 17.3 Å². The highest BCUT2D eigenvalue weighted by atomic mass is 16.5. The third-order valence-electron chi connectivity index (χ3n) is 2.86. The van der Waals surface area contributed by atoms with Crippen molar-refractivity contribution in [2.45, 2.75) is 6.92 Å². The van der Waals surface area contributed by atoms with Crippen LogP contribution in [0.25, 0.3) is 0 Å². The molecule has 0 fully saturated rings. The third-order valence-corrected chi connectivity index (χ3v) is 2.86. The summed E-state index contributed by atoms with van der Waals surface area (Å²) in [5.74, 6) is -1.14. The number of carboxylic acid groups (broad SMARTS) is 1. The van der Waals surface area contributed by atoms with Crippen LogP contribution >= 0.6 is 0 Å². The minimum Gasteiger partial charge on any atom is -0.494 e. The molecule has 2 aromatic carbocycles. The molecule has 0 saturated heterocycles. The Kier molecular flexibility index (Phi) is 3.93. The fourth-order valence-electron chi connectivity index (χ4n) is 1.92. The Hall–Kier alpha value is -2.83. The average Bonchev–Trinajstić information content (AvgIpc) is 2.49. The molecule has 7 nitrogen and oxygen atoms in total. The van der Waals surface area contributed by atoms with Gasteiger partial charge in [0.15, 0.2) is 11.5 Å². The number of ether oxygens (including phenoxy) is 2. The fraction of sp³-hybridized carbons (Fsp3) is 0.214. The van der Waals surface area contributed by atoms with Gasteiger partial charge in [0, 0.05) is 0 Å². The second-order valence-corrected chi connectivity index (χ2v) is 4.11.